The van der Waals surface area contributed by atoms with E-state index in [1.807, 2.05) is 24.4 Å². The number of hydrogen-bond donors (Lipinski definition) is 1. The number of pyridine rings is 1. The molecule has 2 aromatic heterocycles. The monoisotopic (exact) mass is 681 g/mol. The number of hydrogen-bond acceptors (Lipinski definition) is 3. The Morgan fingerprint density at radius 1 is 0.615 bits per heavy atom. The number of aromatic nitrogens is 3. The Morgan fingerprint density at radius 2 is 1.27 bits per heavy atom. The van der Waals surface area contributed by atoms with Crippen molar-refractivity contribution < 1.29 is 5.11 Å². The molecule has 8 rings (SSSR count). The third-order valence-electron chi connectivity index (χ3n) is 11.2. The van der Waals surface area contributed by atoms with Gasteiger partial charge in [-0.2, -0.15) is 0 Å². The van der Waals surface area contributed by atoms with Crippen LogP contribution in [0.1, 0.15) is 78.0 Å². The predicted molar refractivity (Wildman–Crippen MR) is 216 cm³/mol. The van der Waals surface area contributed by atoms with E-state index >= 15 is 0 Å². The molecule has 52 heavy (non-hydrogen) atoms. The van der Waals surface area contributed by atoms with Gasteiger partial charge in [-0.05, 0) is 105 Å². The highest BCUT2D eigenvalue weighted by atomic mass is 16.3. The summed E-state index contributed by atoms with van der Waals surface area (Å²) in [6.45, 7) is 16.0. The molecule has 0 bridgehead atoms. The lowest BCUT2D eigenvalue weighted by atomic mass is 9.63. The maximum absolute atomic E-state index is 12.0. The summed E-state index contributed by atoms with van der Waals surface area (Å²) >= 11 is 0. The molecule has 7 aromatic rings. The van der Waals surface area contributed by atoms with Gasteiger partial charge in [0.1, 0.15) is 11.6 Å². The zero-order valence-corrected chi connectivity index (χ0v) is 31.3. The van der Waals surface area contributed by atoms with Crippen molar-refractivity contribution in [2.45, 2.75) is 77.6 Å². The van der Waals surface area contributed by atoms with Crippen LogP contribution >= 0.6 is 0 Å². The van der Waals surface area contributed by atoms with E-state index in [-0.39, 0.29) is 22.0 Å². The second kappa shape index (κ2) is 12.3. The van der Waals surface area contributed by atoms with Crippen LogP contribution in [0.3, 0.4) is 0 Å². The van der Waals surface area contributed by atoms with Crippen LogP contribution in [0, 0.1) is 0 Å². The topological polar surface area (TPSA) is 50.9 Å². The van der Waals surface area contributed by atoms with Crippen LogP contribution in [0.25, 0.3) is 61.6 Å². The summed E-state index contributed by atoms with van der Waals surface area (Å²) in [7, 11) is 0. The van der Waals surface area contributed by atoms with Gasteiger partial charge in [0.25, 0.3) is 0 Å². The van der Waals surface area contributed by atoms with E-state index in [0.29, 0.717) is 0 Å². The number of imidazole rings is 1. The zero-order chi connectivity index (χ0) is 36.4. The highest BCUT2D eigenvalue weighted by Crippen LogP contribution is 2.50. The van der Waals surface area contributed by atoms with Gasteiger partial charge in [0, 0.05) is 22.9 Å². The Labute approximate surface area is 307 Å². The summed E-state index contributed by atoms with van der Waals surface area (Å²) in [6.07, 6.45) is 4.01. The van der Waals surface area contributed by atoms with Gasteiger partial charge in [0.05, 0.1) is 28.0 Å². The van der Waals surface area contributed by atoms with Crippen LogP contribution in [-0.2, 0) is 16.2 Å². The standard InChI is InChI=1S/C48H47N3O/c1-46(2,3)34-27-32(26-33(28-34)40-20-13-14-25-49-40)36-19-15-22-42-44(36)50-45(51(42)41-21-12-11-18-35(41)31-16-9-8-10-17-31)37-29-38-39(30-43(37)52)48(6,7)24-23-47(38,4)5/h8-22,25-30,52H,23-24H2,1-7H3. The molecule has 2 heterocycles. The van der Waals surface area contributed by atoms with Crippen molar-refractivity contribution >= 4 is 11.0 Å². The first kappa shape index (κ1) is 33.7. The van der Waals surface area contributed by atoms with Crippen molar-refractivity contribution in [1.82, 2.24) is 14.5 Å². The lowest BCUT2D eigenvalue weighted by Crippen LogP contribution is -2.33. The van der Waals surface area contributed by atoms with E-state index in [0.717, 1.165) is 74.5 Å². The molecule has 0 aliphatic heterocycles. The smallest absolute Gasteiger partial charge is 0.149 e. The summed E-state index contributed by atoms with van der Waals surface area (Å²) < 4.78 is 2.26. The van der Waals surface area contributed by atoms with Gasteiger partial charge in [-0.15, -0.1) is 0 Å². The number of nitrogens with zero attached hydrogens (tertiary/aromatic N) is 3. The maximum atomic E-state index is 12.0. The molecule has 0 amide bonds. The predicted octanol–water partition coefficient (Wildman–Crippen LogP) is 12.4. The fourth-order valence-electron chi connectivity index (χ4n) is 7.97. The Morgan fingerprint density at radius 3 is 1.98 bits per heavy atom. The number of para-hydroxylation sites is 2. The summed E-state index contributed by atoms with van der Waals surface area (Å²) in [5.41, 5.74) is 13.6. The van der Waals surface area contributed by atoms with Crippen molar-refractivity contribution in [3.63, 3.8) is 0 Å². The number of benzene rings is 5. The van der Waals surface area contributed by atoms with Gasteiger partial charge >= 0.3 is 0 Å². The van der Waals surface area contributed by atoms with Crippen molar-refractivity contribution in [2.75, 3.05) is 0 Å². The molecular formula is C48H47N3O. The molecule has 260 valence electrons. The first-order valence-electron chi connectivity index (χ1n) is 18.4. The molecule has 4 nitrogen and oxygen atoms in total. The number of aromatic hydroxyl groups is 1. The Balaban J connectivity index is 1.45. The number of fused-ring (bicyclic) bond motifs is 2. The van der Waals surface area contributed by atoms with E-state index in [2.05, 4.69) is 156 Å². The minimum atomic E-state index is -0.0813. The number of rotatable bonds is 5. The van der Waals surface area contributed by atoms with Crippen molar-refractivity contribution in [1.29, 1.82) is 0 Å². The third kappa shape index (κ3) is 5.81. The van der Waals surface area contributed by atoms with Gasteiger partial charge in [-0.1, -0.05) is 121 Å². The van der Waals surface area contributed by atoms with E-state index in [1.54, 1.807) is 0 Å². The molecular weight excluding hydrogens is 635 g/mol. The third-order valence-corrected chi connectivity index (χ3v) is 11.2. The van der Waals surface area contributed by atoms with Crippen molar-refractivity contribution in [3.05, 3.63) is 144 Å². The quantitative estimate of drug-likeness (QED) is 0.197. The number of phenols is 1. The SMILES string of the molecule is CC(C)(C)c1cc(-c2ccccn2)cc(-c2cccc3c2nc(-c2cc4c(cc2O)C(C)(C)CCC4(C)C)n3-c2ccccc2-c2ccccc2)c1. The van der Waals surface area contributed by atoms with Gasteiger partial charge in [0.2, 0.25) is 0 Å². The molecule has 4 heteroatoms. The maximum Gasteiger partial charge on any atom is 0.149 e. The highest BCUT2D eigenvalue weighted by Gasteiger charge is 2.38. The van der Waals surface area contributed by atoms with E-state index in [9.17, 15) is 5.11 Å². The first-order chi connectivity index (χ1) is 24.8. The average Bonchev–Trinajstić information content (AvgIpc) is 3.53. The van der Waals surface area contributed by atoms with Gasteiger partial charge in [0.15, 0.2) is 0 Å². The Hall–Kier alpha value is -5.48. The van der Waals surface area contributed by atoms with Crippen LogP contribution in [-0.4, -0.2) is 19.6 Å². The number of phenolic OH excluding ortho intramolecular Hbond substituents is 1. The van der Waals surface area contributed by atoms with Crippen LogP contribution in [0.4, 0.5) is 0 Å². The van der Waals surface area contributed by atoms with E-state index in [4.69, 9.17) is 9.97 Å². The molecule has 0 unspecified atom stereocenters. The van der Waals surface area contributed by atoms with E-state index < -0.39 is 0 Å². The molecule has 0 spiro atoms. The largest absolute Gasteiger partial charge is 0.507 e. The van der Waals surface area contributed by atoms with Crippen molar-refractivity contribution in [2.24, 2.45) is 0 Å². The van der Waals surface area contributed by atoms with E-state index in [1.165, 1.54) is 16.7 Å². The first-order valence-corrected chi connectivity index (χ1v) is 18.4. The fraction of sp³-hybridized carbons (Fsp3) is 0.250. The Kier molecular flexibility index (Phi) is 7.98. The van der Waals surface area contributed by atoms with Crippen LogP contribution in [0.5, 0.6) is 5.75 Å². The van der Waals surface area contributed by atoms with Gasteiger partial charge in [-0.25, -0.2) is 4.98 Å². The zero-order valence-electron chi connectivity index (χ0n) is 31.3. The summed E-state index contributed by atoms with van der Waals surface area (Å²) in [4.78, 5) is 10.3. The molecule has 0 saturated heterocycles. The van der Waals surface area contributed by atoms with Gasteiger partial charge < -0.3 is 5.11 Å². The summed E-state index contributed by atoms with van der Waals surface area (Å²) in [5, 5.41) is 12.0. The summed E-state index contributed by atoms with van der Waals surface area (Å²) in [5.74, 6) is 0.981. The molecule has 0 saturated carbocycles. The van der Waals surface area contributed by atoms with Gasteiger partial charge in [-0.3, -0.25) is 9.55 Å². The average molecular weight is 682 g/mol. The lowest BCUT2D eigenvalue weighted by molar-refractivity contribution is 0.330. The molecule has 1 aliphatic carbocycles. The minimum absolute atomic E-state index is 0.0303. The normalized spacial score (nSPS) is 15.1. The molecule has 5 aromatic carbocycles. The highest BCUT2D eigenvalue weighted by molar-refractivity contribution is 5.97. The second-order valence-electron chi connectivity index (χ2n) is 16.8. The minimum Gasteiger partial charge on any atom is -0.507 e. The lowest BCUT2D eigenvalue weighted by Gasteiger charge is -2.42. The van der Waals surface area contributed by atoms with Crippen LogP contribution in [0.2, 0.25) is 0 Å². The summed E-state index contributed by atoms with van der Waals surface area (Å²) in [6, 6.07) is 42.6. The second-order valence-corrected chi connectivity index (χ2v) is 16.8. The molecule has 1 aliphatic rings. The fourth-order valence-corrected chi connectivity index (χ4v) is 7.97. The van der Waals surface area contributed by atoms with Crippen LogP contribution < -0.4 is 0 Å². The molecule has 0 atom stereocenters. The van der Waals surface area contributed by atoms with Crippen LogP contribution in [0.15, 0.2) is 128 Å². The Bertz CT molecular complexity index is 2450. The molecule has 0 radical (unpaired) electrons. The molecule has 0 fully saturated rings. The van der Waals surface area contributed by atoms with Crippen molar-refractivity contribution in [3.8, 4) is 56.3 Å². The molecule has 1 N–H and O–H groups in total.